The Morgan fingerprint density at radius 1 is 1.64 bits per heavy atom. The lowest BCUT2D eigenvalue weighted by Crippen LogP contribution is -2.11. The number of thioether (sulfide) groups is 1. The van der Waals surface area contributed by atoms with Gasteiger partial charge in [-0.25, -0.2) is 0 Å². The smallest absolute Gasteiger partial charge is 0.316 e. The number of rotatable bonds is 3. The molecule has 1 aromatic carbocycles. The molecule has 1 rings (SSSR count). The average Bonchev–Trinajstić information content (AvgIpc) is 2.11. The number of halogens is 1. The number of hydrogen-bond donors (Lipinski definition) is 2. The van der Waals surface area contributed by atoms with Gasteiger partial charge in [-0.15, -0.1) is 11.8 Å². The lowest BCUT2D eigenvalue weighted by atomic mass is 10.3. The molecule has 0 saturated carbocycles. The highest BCUT2D eigenvalue weighted by atomic mass is 35.5. The molecule has 0 saturated heterocycles. The molecule has 1 atom stereocenters. The van der Waals surface area contributed by atoms with E-state index >= 15 is 0 Å². The van der Waals surface area contributed by atoms with E-state index in [-0.39, 0.29) is 0 Å². The largest absolute Gasteiger partial charge is 0.480 e. The van der Waals surface area contributed by atoms with Gasteiger partial charge < -0.3 is 10.8 Å². The summed E-state index contributed by atoms with van der Waals surface area (Å²) in [7, 11) is 0. The van der Waals surface area contributed by atoms with Crippen LogP contribution in [-0.2, 0) is 4.79 Å². The highest BCUT2D eigenvalue weighted by molar-refractivity contribution is 8.00. The fourth-order valence-corrected chi connectivity index (χ4v) is 1.97. The number of aliphatic carboxylic acids is 1. The van der Waals surface area contributed by atoms with Gasteiger partial charge in [-0.2, -0.15) is 0 Å². The van der Waals surface area contributed by atoms with Crippen molar-refractivity contribution in [2.45, 2.75) is 17.1 Å². The lowest BCUT2D eigenvalue weighted by Gasteiger charge is -2.08. The van der Waals surface area contributed by atoms with Gasteiger partial charge >= 0.3 is 5.97 Å². The van der Waals surface area contributed by atoms with Crippen molar-refractivity contribution in [2.75, 3.05) is 5.73 Å². The van der Waals surface area contributed by atoms with Gasteiger partial charge in [-0.05, 0) is 25.1 Å². The van der Waals surface area contributed by atoms with Gasteiger partial charge in [0, 0.05) is 15.6 Å². The molecule has 3 N–H and O–H groups in total. The van der Waals surface area contributed by atoms with Crippen LogP contribution in [-0.4, -0.2) is 16.3 Å². The number of carboxylic acids is 1. The van der Waals surface area contributed by atoms with Crippen molar-refractivity contribution in [3.05, 3.63) is 23.2 Å². The zero-order chi connectivity index (χ0) is 10.7. The predicted molar refractivity (Wildman–Crippen MR) is 58.8 cm³/mol. The van der Waals surface area contributed by atoms with E-state index < -0.39 is 11.2 Å². The molecule has 0 fully saturated rings. The van der Waals surface area contributed by atoms with Gasteiger partial charge in [0.2, 0.25) is 0 Å². The second kappa shape index (κ2) is 4.57. The van der Waals surface area contributed by atoms with E-state index in [9.17, 15) is 4.79 Å². The summed E-state index contributed by atoms with van der Waals surface area (Å²) in [4.78, 5) is 11.3. The molecular formula is C9H10ClNO2S. The van der Waals surface area contributed by atoms with E-state index in [1.165, 1.54) is 11.8 Å². The van der Waals surface area contributed by atoms with Crippen molar-refractivity contribution < 1.29 is 9.90 Å². The van der Waals surface area contributed by atoms with Crippen LogP contribution < -0.4 is 5.73 Å². The number of carbonyl (C=O) groups is 1. The van der Waals surface area contributed by atoms with E-state index in [0.717, 1.165) is 0 Å². The molecule has 3 nitrogen and oxygen atoms in total. The van der Waals surface area contributed by atoms with Crippen molar-refractivity contribution in [1.82, 2.24) is 0 Å². The van der Waals surface area contributed by atoms with Gasteiger partial charge in [-0.1, -0.05) is 11.6 Å². The number of nitrogens with two attached hydrogens (primary N) is 1. The number of carboxylic acid groups (broad SMARTS) is 1. The van der Waals surface area contributed by atoms with Crippen LogP contribution in [0, 0.1) is 0 Å². The number of hydrogen-bond acceptors (Lipinski definition) is 3. The zero-order valence-corrected chi connectivity index (χ0v) is 9.10. The van der Waals surface area contributed by atoms with Crippen molar-refractivity contribution in [2.24, 2.45) is 0 Å². The minimum absolute atomic E-state index is 0.532. The van der Waals surface area contributed by atoms with Gasteiger partial charge in [0.05, 0.1) is 0 Å². The first kappa shape index (κ1) is 11.2. The second-order valence-corrected chi connectivity index (χ2v) is 4.60. The molecule has 0 aliphatic carbocycles. The quantitative estimate of drug-likeness (QED) is 0.620. The van der Waals surface area contributed by atoms with Crippen molar-refractivity contribution in [3.8, 4) is 0 Å². The molecule has 0 aliphatic rings. The van der Waals surface area contributed by atoms with Crippen LogP contribution in [0.1, 0.15) is 6.92 Å². The van der Waals surface area contributed by atoms with Crippen LogP contribution in [0.4, 0.5) is 5.69 Å². The van der Waals surface area contributed by atoms with Crippen molar-refractivity contribution in [3.63, 3.8) is 0 Å². The van der Waals surface area contributed by atoms with Gasteiger partial charge in [0.15, 0.2) is 0 Å². The van der Waals surface area contributed by atoms with E-state index in [1.54, 1.807) is 25.1 Å². The fourth-order valence-electron chi connectivity index (χ4n) is 0.851. The summed E-state index contributed by atoms with van der Waals surface area (Å²) < 4.78 is 0. The lowest BCUT2D eigenvalue weighted by molar-refractivity contribution is -0.136. The molecule has 1 aromatic rings. The Kier molecular flexibility index (Phi) is 3.66. The standard InChI is InChI=1S/C9H10ClNO2S/c1-5(9(12)13)14-8-4-6(10)2-3-7(8)11/h2-5H,11H2,1H3,(H,12,13). The van der Waals surface area contributed by atoms with Gasteiger partial charge in [0.1, 0.15) is 5.25 Å². The number of anilines is 1. The van der Waals surface area contributed by atoms with Gasteiger partial charge in [-0.3, -0.25) is 4.79 Å². The summed E-state index contributed by atoms with van der Waals surface area (Å²) >= 11 is 6.95. The Morgan fingerprint density at radius 2 is 2.29 bits per heavy atom. The van der Waals surface area contributed by atoms with E-state index in [1.807, 2.05) is 0 Å². The Labute approximate surface area is 91.2 Å². The van der Waals surface area contributed by atoms with E-state index in [0.29, 0.717) is 15.6 Å². The SMILES string of the molecule is CC(Sc1cc(Cl)ccc1N)C(=O)O. The number of benzene rings is 1. The zero-order valence-electron chi connectivity index (χ0n) is 7.53. The van der Waals surface area contributed by atoms with E-state index in [4.69, 9.17) is 22.4 Å². The maximum Gasteiger partial charge on any atom is 0.316 e. The fraction of sp³-hybridized carbons (Fsp3) is 0.222. The summed E-state index contributed by atoms with van der Waals surface area (Å²) in [6.07, 6.45) is 0. The molecule has 5 heteroatoms. The van der Waals surface area contributed by atoms with Crippen LogP contribution in [0.5, 0.6) is 0 Å². The van der Waals surface area contributed by atoms with E-state index in [2.05, 4.69) is 0 Å². The summed E-state index contributed by atoms with van der Waals surface area (Å²) in [5.74, 6) is -0.866. The summed E-state index contributed by atoms with van der Waals surface area (Å²) in [5.41, 5.74) is 6.21. The molecule has 14 heavy (non-hydrogen) atoms. The first-order valence-electron chi connectivity index (χ1n) is 3.95. The molecule has 0 spiro atoms. The van der Waals surface area contributed by atoms with Crippen molar-refractivity contribution >= 4 is 35.0 Å². The molecule has 0 heterocycles. The third kappa shape index (κ3) is 2.82. The van der Waals surface area contributed by atoms with Crippen LogP contribution in [0.15, 0.2) is 23.1 Å². The van der Waals surface area contributed by atoms with Crippen LogP contribution in [0.3, 0.4) is 0 Å². The summed E-state index contributed by atoms with van der Waals surface area (Å²) in [5, 5.41) is 8.73. The average molecular weight is 232 g/mol. The predicted octanol–water partition coefficient (Wildman–Crippen LogP) is 2.49. The van der Waals surface area contributed by atoms with Crippen LogP contribution >= 0.6 is 23.4 Å². The molecule has 1 unspecified atom stereocenters. The van der Waals surface area contributed by atoms with Crippen molar-refractivity contribution in [1.29, 1.82) is 0 Å². The molecule has 0 aromatic heterocycles. The van der Waals surface area contributed by atoms with Gasteiger partial charge in [0.25, 0.3) is 0 Å². The minimum Gasteiger partial charge on any atom is -0.480 e. The Bertz CT molecular complexity index is 357. The summed E-state index contributed by atoms with van der Waals surface area (Å²) in [6, 6.07) is 5.01. The normalized spacial score (nSPS) is 12.4. The Balaban J connectivity index is 2.85. The minimum atomic E-state index is -0.866. The first-order valence-corrected chi connectivity index (χ1v) is 5.21. The van der Waals surface area contributed by atoms with Crippen LogP contribution in [0.25, 0.3) is 0 Å². The Hall–Kier alpha value is -0.870. The third-order valence-electron chi connectivity index (χ3n) is 1.63. The maximum atomic E-state index is 10.6. The summed E-state index contributed by atoms with van der Waals surface area (Å²) in [6.45, 7) is 1.60. The molecule has 0 aliphatic heterocycles. The third-order valence-corrected chi connectivity index (χ3v) is 3.02. The van der Waals surface area contributed by atoms with Crippen LogP contribution in [0.2, 0.25) is 5.02 Å². The molecule has 0 bridgehead atoms. The molecule has 0 radical (unpaired) electrons. The second-order valence-electron chi connectivity index (χ2n) is 2.78. The highest BCUT2D eigenvalue weighted by Crippen LogP contribution is 2.31. The topological polar surface area (TPSA) is 63.3 Å². The molecule has 76 valence electrons. The first-order chi connectivity index (χ1) is 6.50. The maximum absolute atomic E-state index is 10.6. The number of nitrogen functional groups attached to an aromatic ring is 1. The Morgan fingerprint density at radius 3 is 2.86 bits per heavy atom. The highest BCUT2D eigenvalue weighted by Gasteiger charge is 2.14. The monoisotopic (exact) mass is 231 g/mol. The molecular weight excluding hydrogens is 222 g/mol. The molecule has 0 amide bonds.